The first-order chi connectivity index (χ1) is 11.3. The smallest absolute Gasteiger partial charge is 0.199 e. The minimum Gasteiger partial charge on any atom is -1.00 e. The van der Waals surface area contributed by atoms with Crippen molar-refractivity contribution < 1.29 is 26.3 Å². The molecule has 2 nitrogen and oxygen atoms in total. The fourth-order valence-corrected chi connectivity index (χ4v) is 2.80. The van der Waals surface area contributed by atoms with Gasteiger partial charge >= 0.3 is 0 Å². The summed E-state index contributed by atoms with van der Waals surface area (Å²) >= 11 is 0. The van der Waals surface area contributed by atoms with Crippen LogP contribution in [-0.4, -0.2) is 5.78 Å². The highest BCUT2D eigenvalue weighted by molar-refractivity contribution is 6.08. The molecule has 1 aromatic heterocycles. The Labute approximate surface area is 156 Å². The molecule has 0 radical (unpaired) electrons. The molecule has 0 N–H and O–H groups in total. The van der Waals surface area contributed by atoms with Crippen LogP contribution < -0.4 is 21.5 Å². The SMILES string of the molecule is CCCCCCCCC[n+]1cccc(C(=O)c2ccccc2)c1.[Br-]. The Morgan fingerprint density at radius 3 is 2.17 bits per heavy atom. The van der Waals surface area contributed by atoms with Gasteiger partial charge < -0.3 is 17.0 Å². The molecule has 0 aliphatic carbocycles. The number of benzene rings is 1. The Bertz CT molecular complexity index is 598. The maximum absolute atomic E-state index is 12.5. The second-order valence-corrected chi connectivity index (χ2v) is 6.15. The molecule has 2 aromatic rings. The highest BCUT2D eigenvalue weighted by Gasteiger charge is 2.12. The van der Waals surface area contributed by atoms with Crippen molar-refractivity contribution in [1.29, 1.82) is 0 Å². The molecule has 0 saturated carbocycles. The van der Waals surface area contributed by atoms with Crippen LogP contribution in [0.15, 0.2) is 54.9 Å². The van der Waals surface area contributed by atoms with Crippen LogP contribution in [0.25, 0.3) is 0 Å². The van der Waals surface area contributed by atoms with Crippen molar-refractivity contribution in [2.75, 3.05) is 0 Å². The number of aryl methyl sites for hydroxylation is 1. The number of nitrogens with zero attached hydrogens (tertiary/aromatic N) is 1. The van der Waals surface area contributed by atoms with Crippen molar-refractivity contribution in [2.45, 2.75) is 58.4 Å². The molecular weight excluding hydrogens is 362 g/mol. The van der Waals surface area contributed by atoms with Crippen LogP contribution in [-0.2, 0) is 6.54 Å². The highest BCUT2D eigenvalue weighted by Crippen LogP contribution is 2.09. The van der Waals surface area contributed by atoms with Crippen molar-refractivity contribution in [3.05, 3.63) is 66.0 Å². The molecular formula is C21H28BrNO. The molecule has 2 rings (SSSR count). The van der Waals surface area contributed by atoms with Crippen molar-refractivity contribution in [3.63, 3.8) is 0 Å². The number of hydrogen-bond donors (Lipinski definition) is 0. The Morgan fingerprint density at radius 1 is 0.833 bits per heavy atom. The summed E-state index contributed by atoms with van der Waals surface area (Å²) < 4.78 is 2.14. The summed E-state index contributed by atoms with van der Waals surface area (Å²) in [6.45, 7) is 3.24. The summed E-state index contributed by atoms with van der Waals surface area (Å²) in [4.78, 5) is 12.5. The van der Waals surface area contributed by atoms with Gasteiger partial charge in [-0.25, -0.2) is 4.57 Å². The van der Waals surface area contributed by atoms with Crippen molar-refractivity contribution in [2.24, 2.45) is 0 Å². The minimum absolute atomic E-state index is 0. The van der Waals surface area contributed by atoms with Gasteiger partial charge in [-0.2, -0.15) is 0 Å². The zero-order valence-corrected chi connectivity index (χ0v) is 16.2. The molecule has 1 heterocycles. The van der Waals surface area contributed by atoms with Gasteiger partial charge in [0, 0.05) is 18.1 Å². The number of hydrogen-bond acceptors (Lipinski definition) is 1. The van der Waals surface area contributed by atoms with Gasteiger partial charge in [0.2, 0.25) is 0 Å². The van der Waals surface area contributed by atoms with Crippen LogP contribution in [0.3, 0.4) is 0 Å². The molecule has 0 aliphatic rings. The number of aromatic nitrogens is 1. The average molecular weight is 390 g/mol. The normalized spacial score (nSPS) is 10.2. The standard InChI is InChI=1S/C21H28NO.BrH/c1-2-3-4-5-6-7-11-16-22-17-12-15-20(18-22)21(23)19-13-9-8-10-14-19;/h8-10,12-15,17-18H,2-7,11,16H2,1H3;1H/q+1;/p-1. The van der Waals surface area contributed by atoms with Gasteiger partial charge in [-0.3, -0.25) is 4.79 Å². The van der Waals surface area contributed by atoms with Gasteiger partial charge in [-0.15, -0.1) is 0 Å². The predicted molar refractivity (Wildman–Crippen MR) is 94.5 cm³/mol. The highest BCUT2D eigenvalue weighted by atomic mass is 79.9. The maximum atomic E-state index is 12.5. The Morgan fingerprint density at radius 2 is 1.46 bits per heavy atom. The third-order valence-corrected chi connectivity index (χ3v) is 4.18. The molecule has 130 valence electrons. The van der Waals surface area contributed by atoms with Gasteiger partial charge in [-0.05, 0) is 12.5 Å². The average Bonchev–Trinajstić information content (AvgIpc) is 2.61. The summed E-state index contributed by atoms with van der Waals surface area (Å²) in [6, 6.07) is 13.4. The van der Waals surface area contributed by atoms with Gasteiger partial charge in [0.05, 0.1) is 5.56 Å². The molecule has 0 bridgehead atoms. The van der Waals surface area contributed by atoms with E-state index in [4.69, 9.17) is 0 Å². The summed E-state index contributed by atoms with van der Waals surface area (Å²) in [5.41, 5.74) is 1.52. The zero-order chi connectivity index (χ0) is 16.3. The Kier molecular flexibility index (Phi) is 10.3. The monoisotopic (exact) mass is 389 g/mol. The van der Waals surface area contributed by atoms with Gasteiger partial charge in [0.15, 0.2) is 18.2 Å². The van der Waals surface area contributed by atoms with Gasteiger partial charge in [0.1, 0.15) is 6.54 Å². The Balaban J connectivity index is 0.00000288. The summed E-state index contributed by atoms with van der Waals surface area (Å²) in [5, 5.41) is 0. The molecule has 0 fully saturated rings. The van der Waals surface area contributed by atoms with E-state index in [0.717, 1.165) is 17.7 Å². The van der Waals surface area contributed by atoms with Crippen LogP contribution >= 0.6 is 0 Å². The molecule has 3 heteroatoms. The van der Waals surface area contributed by atoms with Crippen molar-refractivity contribution in [1.82, 2.24) is 0 Å². The zero-order valence-electron chi connectivity index (χ0n) is 14.6. The fraction of sp³-hybridized carbons (Fsp3) is 0.429. The summed E-state index contributed by atoms with van der Waals surface area (Å²) in [7, 11) is 0. The van der Waals surface area contributed by atoms with E-state index in [1.165, 1.54) is 44.9 Å². The van der Waals surface area contributed by atoms with E-state index in [9.17, 15) is 4.79 Å². The molecule has 0 spiro atoms. The molecule has 0 unspecified atom stereocenters. The van der Waals surface area contributed by atoms with Crippen LogP contribution in [0, 0.1) is 0 Å². The number of halogens is 1. The van der Waals surface area contributed by atoms with E-state index in [2.05, 4.69) is 17.7 Å². The van der Waals surface area contributed by atoms with E-state index < -0.39 is 0 Å². The molecule has 0 saturated heterocycles. The lowest BCUT2D eigenvalue weighted by Gasteiger charge is -2.02. The first kappa shape index (κ1) is 20.6. The second-order valence-electron chi connectivity index (χ2n) is 6.15. The van der Waals surface area contributed by atoms with E-state index in [1.54, 1.807) is 0 Å². The van der Waals surface area contributed by atoms with E-state index >= 15 is 0 Å². The number of unbranched alkanes of at least 4 members (excludes halogenated alkanes) is 6. The molecule has 24 heavy (non-hydrogen) atoms. The molecule has 1 aromatic carbocycles. The van der Waals surface area contributed by atoms with Crippen molar-refractivity contribution in [3.8, 4) is 0 Å². The number of pyridine rings is 1. The quantitative estimate of drug-likeness (QED) is 0.345. The lowest BCUT2D eigenvalue weighted by atomic mass is 10.1. The number of carbonyl (C=O) groups is 1. The topological polar surface area (TPSA) is 20.9 Å². The first-order valence-electron chi connectivity index (χ1n) is 8.90. The van der Waals surface area contributed by atoms with E-state index in [1.807, 2.05) is 48.7 Å². The minimum atomic E-state index is 0. The third-order valence-electron chi connectivity index (χ3n) is 4.18. The third kappa shape index (κ3) is 6.96. The summed E-state index contributed by atoms with van der Waals surface area (Å²) in [5.74, 6) is 0.0968. The van der Waals surface area contributed by atoms with Crippen LogP contribution in [0.4, 0.5) is 0 Å². The van der Waals surface area contributed by atoms with Gasteiger partial charge in [0.25, 0.3) is 0 Å². The number of carbonyl (C=O) groups excluding carboxylic acids is 1. The second kappa shape index (κ2) is 12.0. The lowest BCUT2D eigenvalue weighted by molar-refractivity contribution is -0.697. The largest absolute Gasteiger partial charge is 1.00 e. The first-order valence-corrected chi connectivity index (χ1v) is 8.90. The predicted octanol–water partition coefficient (Wildman–Crippen LogP) is 1.96. The van der Waals surface area contributed by atoms with E-state index in [0.29, 0.717) is 0 Å². The maximum Gasteiger partial charge on any atom is 0.199 e. The van der Waals surface area contributed by atoms with Crippen LogP contribution in [0.2, 0.25) is 0 Å². The van der Waals surface area contributed by atoms with Gasteiger partial charge in [-0.1, -0.05) is 69.4 Å². The van der Waals surface area contributed by atoms with Crippen LogP contribution in [0.1, 0.15) is 67.8 Å². The molecule has 0 atom stereocenters. The molecule has 0 amide bonds. The fourth-order valence-electron chi connectivity index (χ4n) is 2.80. The number of rotatable bonds is 10. The molecule has 0 aliphatic heterocycles. The van der Waals surface area contributed by atoms with E-state index in [-0.39, 0.29) is 22.8 Å². The number of ketones is 1. The Hall–Kier alpha value is -1.48. The lowest BCUT2D eigenvalue weighted by Crippen LogP contribution is -3.00. The van der Waals surface area contributed by atoms with Crippen LogP contribution in [0.5, 0.6) is 0 Å². The van der Waals surface area contributed by atoms with Crippen molar-refractivity contribution >= 4 is 5.78 Å². The summed E-state index contributed by atoms with van der Waals surface area (Å²) in [6.07, 6.45) is 13.2.